The minimum Gasteiger partial charge on any atom is -0.0622 e. The van der Waals surface area contributed by atoms with Gasteiger partial charge in [0.05, 0.1) is 0 Å². The molecule has 5 heteroatoms. The van der Waals surface area contributed by atoms with Gasteiger partial charge >= 0.3 is 34.6 Å². The maximum atomic E-state index is 2.50. The third kappa shape index (κ3) is 10.4. The van der Waals surface area contributed by atoms with Crippen molar-refractivity contribution >= 4 is 82.2 Å². The van der Waals surface area contributed by atoms with Gasteiger partial charge in [0.15, 0.2) is 0 Å². The second-order valence-electron chi connectivity index (χ2n) is 8.77. The van der Waals surface area contributed by atoms with Gasteiger partial charge in [0.25, 0.3) is 0 Å². The minimum atomic E-state index is -0.446. The number of benzene rings is 6. The van der Waals surface area contributed by atoms with Crippen molar-refractivity contribution in [2.75, 3.05) is 0 Å². The van der Waals surface area contributed by atoms with E-state index < -0.39 is 15.8 Å². The van der Waals surface area contributed by atoms with E-state index in [4.69, 9.17) is 0 Å². The van der Waals surface area contributed by atoms with Gasteiger partial charge in [-0.15, -0.1) is 0 Å². The quantitative estimate of drug-likeness (QED) is 0.146. The summed E-state index contributed by atoms with van der Waals surface area (Å²) in [5, 5.41) is 8.39. The van der Waals surface area contributed by atoms with Crippen LogP contribution in [0, 0.1) is 0 Å². The Morgan fingerprint density at radius 2 is 0.405 bits per heavy atom. The first kappa shape index (κ1) is 34.2. The van der Waals surface area contributed by atoms with Crippen LogP contribution in [0.5, 0.6) is 0 Å². The Morgan fingerprint density at radius 3 is 0.524 bits per heavy atom. The van der Waals surface area contributed by atoms with Crippen molar-refractivity contribution in [3.05, 3.63) is 182 Å². The predicted molar refractivity (Wildman–Crippen MR) is 187 cm³/mol. The Labute approximate surface area is 283 Å². The molecule has 0 aliphatic rings. The Hall–Kier alpha value is -2.31. The van der Waals surface area contributed by atoms with Crippen LogP contribution in [-0.2, 0) is 21.1 Å². The monoisotopic (exact) mass is 891 g/mol. The van der Waals surface area contributed by atoms with Crippen molar-refractivity contribution in [2.24, 2.45) is 0 Å². The topological polar surface area (TPSA) is 0 Å². The Balaban J connectivity index is 0.000000207. The molecule has 0 bridgehead atoms. The average molecular weight is 890 g/mol. The Morgan fingerprint density at radius 1 is 0.286 bits per heavy atom. The SMILES string of the molecule is [Pt].[Se]=C=[Se].c1ccc(P(c2ccccc2)c2ccccc2)cc1.c1ccc(P(c2ccccc2)c2ccccc2)cc1. The zero-order valence-corrected chi connectivity index (χ0v) is 30.3. The summed E-state index contributed by atoms with van der Waals surface area (Å²) in [7, 11) is -0.892. The van der Waals surface area contributed by atoms with Gasteiger partial charge in [-0.2, -0.15) is 0 Å². The maximum absolute atomic E-state index is 2.50. The number of hydrogen-bond acceptors (Lipinski definition) is 0. The van der Waals surface area contributed by atoms with E-state index >= 15 is 0 Å². The van der Waals surface area contributed by atoms with Crippen LogP contribution in [0.1, 0.15) is 0 Å². The molecule has 0 aromatic heterocycles. The summed E-state index contributed by atoms with van der Waals surface area (Å²) in [4.78, 5) is 0. The van der Waals surface area contributed by atoms with E-state index in [-0.39, 0.29) is 21.1 Å². The minimum absolute atomic E-state index is 0. The number of rotatable bonds is 6. The van der Waals surface area contributed by atoms with Crippen molar-refractivity contribution < 1.29 is 21.1 Å². The van der Waals surface area contributed by atoms with Gasteiger partial charge in [-0.1, -0.05) is 182 Å². The van der Waals surface area contributed by atoms with Crippen molar-refractivity contribution in [1.82, 2.24) is 0 Å². The molecule has 0 radical (unpaired) electrons. The molecule has 6 aromatic carbocycles. The van der Waals surface area contributed by atoms with Crippen LogP contribution >= 0.6 is 15.8 Å². The molecule has 0 aliphatic carbocycles. The second-order valence-corrected chi connectivity index (χ2v) is 15.4. The first-order chi connectivity index (χ1) is 20.3. The van der Waals surface area contributed by atoms with Gasteiger partial charge in [0.2, 0.25) is 0 Å². The Kier molecular flexibility index (Phi) is 16.1. The molecule has 0 saturated carbocycles. The van der Waals surface area contributed by atoms with Gasteiger partial charge < -0.3 is 0 Å². The molecule has 0 spiro atoms. The molecule has 0 N–H and O–H groups in total. The second kappa shape index (κ2) is 19.8. The number of hydrogen-bond donors (Lipinski definition) is 0. The van der Waals surface area contributed by atoms with Gasteiger partial charge in [0.1, 0.15) is 0 Å². The zero-order chi connectivity index (χ0) is 28.5. The molecule has 0 fully saturated rings. The molecule has 6 rings (SSSR count). The summed E-state index contributed by atoms with van der Waals surface area (Å²) in [6.45, 7) is 0. The largest absolute Gasteiger partial charge is 0.0622 e. The van der Waals surface area contributed by atoms with Crippen molar-refractivity contribution in [3.8, 4) is 0 Å². The molecular weight excluding hydrogens is 859 g/mol. The summed E-state index contributed by atoms with van der Waals surface area (Å²) < 4.78 is 2.50. The predicted octanol–water partition coefficient (Wildman–Crippen LogP) is 5.85. The van der Waals surface area contributed by atoms with E-state index in [1.807, 2.05) is 0 Å². The molecule has 0 amide bonds. The molecule has 0 nitrogen and oxygen atoms in total. The summed E-state index contributed by atoms with van der Waals surface area (Å²) >= 11 is 5.00. The van der Waals surface area contributed by atoms with Crippen LogP contribution in [0.15, 0.2) is 182 Å². The van der Waals surface area contributed by atoms with E-state index in [0.717, 1.165) is 0 Å². The molecule has 6 aromatic rings. The maximum Gasteiger partial charge on any atom is -0.0134 e. The summed E-state index contributed by atoms with van der Waals surface area (Å²) in [5.74, 6) is 0. The molecule has 0 saturated heterocycles. The normalized spacial score (nSPS) is 9.76. The van der Waals surface area contributed by atoms with Gasteiger partial charge in [-0.3, -0.25) is 0 Å². The van der Waals surface area contributed by atoms with E-state index in [1.165, 1.54) is 31.8 Å². The summed E-state index contributed by atoms with van der Waals surface area (Å²) in [5.41, 5.74) is 0. The summed E-state index contributed by atoms with van der Waals surface area (Å²) in [6.07, 6.45) is 0. The van der Waals surface area contributed by atoms with Crippen LogP contribution in [0.25, 0.3) is 0 Å². The molecule has 0 atom stereocenters. The van der Waals surface area contributed by atoms with Crippen LogP contribution in [-0.4, -0.2) is 34.6 Å². The van der Waals surface area contributed by atoms with Gasteiger partial charge in [0, 0.05) is 21.1 Å². The van der Waals surface area contributed by atoms with E-state index in [0.29, 0.717) is 0 Å². The van der Waals surface area contributed by atoms with E-state index in [9.17, 15) is 0 Å². The first-order valence-electron chi connectivity index (χ1n) is 13.2. The zero-order valence-electron chi connectivity index (χ0n) is 22.8. The smallest absolute Gasteiger partial charge is 0.0134 e. The summed E-state index contributed by atoms with van der Waals surface area (Å²) in [6, 6.07) is 64.7. The first-order valence-corrected chi connectivity index (χ1v) is 17.6. The molecular formula is C37H30P2PtSe2. The standard InChI is InChI=1S/2C18H15P.CSe2.Pt/c2*1-4-10-16(11-5-1)19(17-12-6-2-7-13-17)18-14-8-3-9-15-18;2-1-3;/h2*1-15H;;. The molecule has 0 unspecified atom stereocenters. The van der Waals surface area contributed by atoms with Crippen molar-refractivity contribution in [3.63, 3.8) is 0 Å². The molecule has 210 valence electrons. The van der Waals surface area contributed by atoms with Crippen LogP contribution in [0.4, 0.5) is 0 Å². The van der Waals surface area contributed by atoms with Crippen molar-refractivity contribution in [1.29, 1.82) is 0 Å². The van der Waals surface area contributed by atoms with Gasteiger partial charge in [-0.25, -0.2) is 0 Å². The van der Waals surface area contributed by atoms with Crippen LogP contribution in [0.3, 0.4) is 0 Å². The van der Waals surface area contributed by atoms with E-state index in [2.05, 4.69) is 217 Å². The molecule has 42 heavy (non-hydrogen) atoms. The van der Waals surface area contributed by atoms with Crippen molar-refractivity contribution in [2.45, 2.75) is 0 Å². The fourth-order valence-electron chi connectivity index (χ4n) is 4.36. The average Bonchev–Trinajstić information content (AvgIpc) is 3.05. The van der Waals surface area contributed by atoms with Crippen LogP contribution in [0.2, 0.25) is 0 Å². The third-order valence-corrected chi connectivity index (χ3v) is 11.0. The van der Waals surface area contributed by atoms with E-state index in [1.54, 1.807) is 0 Å². The Bertz CT molecular complexity index is 1270. The molecule has 0 heterocycles. The van der Waals surface area contributed by atoms with Crippen LogP contribution < -0.4 is 31.8 Å². The third-order valence-electron chi connectivity index (χ3n) is 6.09. The fraction of sp³-hybridized carbons (Fsp3) is 0. The molecule has 0 aliphatic heterocycles. The van der Waals surface area contributed by atoms with Gasteiger partial charge in [-0.05, 0) is 47.7 Å². The fourth-order valence-corrected chi connectivity index (χ4v) is 8.97.